The lowest BCUT2D eigenvalue weighted by molar-refractivity contribution is -0.128. The highest BCUT2D eigenvalue weighted by Crippen LogP contribution is 2.21. The molecule has 3 N–H and O–H groups in total. The summed E-state index contributed by atoms with van der Waals surface area (Å²) in [4.78, 5) is 34.3. The zero-order valence-electron chi connectivity index (χ0n) is 9.74. The van der Waals surface area contributed by atoms with E-state index in [1.54, 1.807) is 12.1 Å². The van der Waals surface area contributed by atoms with E-state index < -0.39 is 17.9 Å². The smallest absolute Gasteiger partial charge is 0.279 e. The van der Waals surface area contributed by atoms with E-state index in [0.29, 0.717) is 4.88 Å². The molecular formula is C10H12BrN3O3S. The zero-order valence-corrected chi connectivity index (χ0v) is 12.1. The highest BCUT2D eigenvalue weighted by atomic mass is 79.9. The fourth-order valence-corrected chi connectivity index (χ4v) is 2.38. The molecular weight excluding hydrogens is 322 g/mol. The summed E-state index contributed by atoms with van der Waals surface area (Å²) in [5, 5.41) is 2.40. The van der Waals surface area contributed by atoms with E-state index in [1.165, 1.54) is 25.2 Å². The van der Waals surface area contributed by atoms with Crippen LogP contribution in [0.25, 0.3) is 0 Å². The minimum atomic E-state index is -0.710. The van der Waals surface area contributed by atoms with Crippen molar-refractivity contribution in [2.45, 2.75) is 19.9 Å². The Bertz CT molecular complexity index is 475. The van der Waals surface area contributed by atoms with Gasteiger partial charge < -0.3 is 5.32 Å². The summed E-state index contributed by atoms with van der Waals surface area (Å²) < 4.78 is 0.825. The summed E-state index contributed by atoms with van der Waals surface area (Å²) in [6.07, 6.45) is 0. The number of hydrogen-bond donors (Lipinski definition) is 3. The van der Waals surface area contributed by atoms with Gasteiger partial charge >= 0.3 is 0 Å². The molecule has 18 heavy (non-hydrogen) atoms. The van der Waals surface area contributed by atoms with Crippen LogP contribution in [0.4, 0.5) is 0 Å². The molecule has 6 nitrogen and oxygen atoms in total. The molecule has 0 aromatic carbocycles. The first kappa shape index (κ1) is 14.7. The maximum atomic E-state index is 11.6. The minimum Gasteiger partial charge on any atom is -0.345 e. The normalized spacial score (nSPS) is 11.5. The second-order valence-electron chi connectivity index (χ2n) is 3.47. The van der Waals surface area contributed by atoms with Gasteiger partial charge in [0, 0.05) is 6.92 Å². The summed E-state index contributed by atoms with van der Waals surface area (Å²) in [6.45, 7) is 2.83. The van der Waals surface area contributed by atoms with E-state index in [1.807, 2.05) is 0 Å². The fourth-order valence-electron chi connectivity index (χ4n) is 1.09. The molecule has 3 amide bonds. The molecule has 0 saturated heterocycles. The second kappa shape index (κ2) is 6.50. The Balaban J connectivity index is 2.43. The van der Waals surface area contributed by atoms with Gasteiger partial charge in [-0.2, -0.15) is 0 Å². The van der Waals surface area contributed by atoms with Crippen LogP contribution >= 0.6 is 27.3 Å². The quantitative estimate of drug-likeness (QED) is 0.715. The molecule has 0 aliphatic rings. The Morgan fingerprint density at radius 1 is 1.28 bits per heavy atom. The Morgan fingerprint density at radius 3 is 2.44 bits per heavy atom. The highest BCUT2D eigenvalue weighted by Gasteiger charge is 2.15. The third-order valence-electron chi connectivity index (χ3n) is 1.91. The van der Waals surface area contributed by atoms with Crippen molar-refractivity contribution >= 4 is 45.0 Å². The Hall–Kier alpha value is -1.41. The molecule has 1 unspecified atom stereocenters. The Kier molecular flexibility index (Phi) is 5.29. The predicted octanol–water partition coefficient (Wildman–Crippen LogP) is 0.796. The van der Waals surface area contributed by atoms with Crippen molar-refractivity contribution in [3.8, 4) is 0 Å². The molecule has 1 aromatic heterocycles. The molecule has 0 aliphatic heterocycles. The number of hydrazine groups is 1. The number of thiophene rings is 1. The van der Waals surface area contributed by atoms with Crippen molar-refractivity contribution in [3.05, 3.63) is 20.8 Å². The van der Waals surface area contributed by atoms with Gasteiger partial charge in [-0.15, -0.1) is 11.3 Å². The van der Waals surface area contributed by atoms with Gasteiger partial charge in [0.1, 0.15) is 6.04 Å². The topological polar surface area (TPSA) is 87.3 Å². The second-order valence-corrected chi connectivity index (χ2v) is 5.93. The molecule has 0 saturated carbocycles. The minimum absolute atomic E-state index is 0.314. The Labute approximate surface area is 116 Å². The van der Waals surface area contributed by atoms with Crippen molar-refractivity contribution < 1.29 is 14.4 Å². The van der Waals surface area contributed by atoms with Crippen LogP contribution in [-0.4, -0.2) is 23.8 Å². The molecule has 1 heterocycles. The van der Waals surface area contributed by atoms with E-state index in [4.69, 9.17) is 0 Å². The van der Waals surface area contributed by atoms with Gasteiger partial charge in [-0.05, 0) is 35.0 Å². The van der Waals surface area contributed by atoms with Crippen molar-refractivity contribution in [2.24, 2.45) is 0 Å². The average molecular weight is 334 g/mol. The first-order valence-electron chi connectivity index (χ1n) is 5.02. The summed E-state index contributed by atoms with van der Waals surface area (Å²) in [5.41, 5.74) is 4.50. The number of nitrogens with one attached hydrogen (secondary N) is 3. The average Bonchev–Trinajstić information content (AvgIpc) is 2.71. The summed E-state index contributed by atoms with van der Waals surface area (Å²) >= 11 is 4.48. The summed E-state index contributed by atoms with van der Waals surface area (Å²) in [7, 11) is 0. The molecule has 0 radical (unpaired) electrons. The monoisotopic (exact) mass is 333 g/mol. The van der Waals surface area contributed by atoms with Crippen molar-refractivity contribution in [1.82, 2.24) is 16.2 Å². The number of hydrogen-bond acceptors (Lipinski definition) is 4. The van der Waals surface area contributed by atoms with Gasteiger partial charge in [0.2, 0.25) is 5.91 Å². The highest BCUT2D eigenvalue weighted by molar-refractivity contribution is 9.11. The molecule has 1 aromatic rings. The first-order chi connectivity index (χ1) is 8.40. The van der Waals surface area contributed by atoms with E-state index >= 15 is 0 Å². The van der Waals surface area contributed by atoms with Crippen LogP contribution in [0.15, 0.2) is 15.9 Å². The standard InChI is InChI=1S/C10H12BrN3O3S/c1-5(12-6(2)15)9(16)13-14-10(17)7-3-4-8(11)18-7/h3-5H,1-2H3,(H,12,15)(H,13,16)(H,14,17). The van der Waals surface area contributed by atoms with E-state index in [2.05, 4.69) is 32.1 Å². The summed E-state index contributed by atoms with van der Waals surface area (Å²) in [5.74, 6) is -1.21. The SMILES string of the molecule is CC(=O)NC(C)C(=O)NNC(=O)c1ccc(Br)s1. The van der Waals surface area contributed by atoms with Gasteiger partial charge in [0.25, 0.3) is 11.8 Å². The third-order valence-corrected chi connectivity index (χ3v) is 3.53. The van der Waals surface area contributed by atoms with Crippen LogP contribution in [0.5, 0.6) is 0 Å². The molecule has 1 rings (SSSR count). The van der Waals surface area contributed by atoms with Crippen LogP contribution in [0, 0.1) is 0 Å². The lowest BCUT2D eigenvalue weighted by Gasteiger charge is -2.12. The van der Waals surface area contributed by atoms with Crippen LogP contribution < -0.4 is 16.2 Å². The predicted molar refractivity (Wildman–Crippen MR) is 70.9 cm³/mol. The zero-order chi connectivity index (χ0) is 13.7. The number of rotatable bonds is 3. The molecule has 0 bridgehead atoms. The van der Waals surface area contributed by atoms with E-state index in [9.17, 15) is 14.4 Å². The number of amides is 3. The first-order valence-corrected chi connectivity index (χ1v) is 6.63. The molecule has 1 atom stereocenters. The summed E-state index contributed by atoms with van der Waals surface area (Å²) in [6, 6.07) is 2.66. The van der Waals surface area contributed by atoms with Crippen molar-refractivity contribution in [2.75, 3.05) is 0 Å². The number of carbonyl (C=O) groups is 3. The van der Waals surface area contributed by atoms with Crippen molar-refractivity contribution in [3.63, 3.8) is 0 Å². The van der Waals surface area contributed by atoms with Gasteiger partial charge in [0.05, 0.1) is 8.66 Å². The van der Waals surface area contributed by atoms with Crippen LogP contribution in [0.2, 0.25) is 0 Å². The maximum absolute atomic E-state index is 11.6. The van der Waals surface area contributed by atoms with Crippen LogP contribution in [0.1, 0.15) is 23.5 Å². The lowest BCUT2D eigenvalue weighted by Crippen LogP contribution is -2.50. The maximum Gasteiger partial charge on any atom is 0.279 e. The van der Waals surface area contributed by atoms with Gasteiger partial charge in [0.15, 0.2) is 0 Å². The van der Waals surface area contributed by atoms with E-state index in [0.717, 1.165) is 3.79 Å². The van der Waals surface area contributed by atoms with Gasteiger partial charge in [-0.1, -0.05) is 0 Å². The van der Waals surface area contributed by atoms with Gasteiger partial charge in [-0.3, -0.25) is 25.2 Å². The molecule has 8 heteroatoms. The fraction of sp³-hybridized carbons (Fsp3) is 0.300. The molecule has 98 valence electrons. The number of halogens is 1. The lowest BCUT2D eigenvalue weighted by atomic mass is 10.3. The van der Waals surface area contributed by atoms with Crippen LogP contribution in [0.3, 0.4) is 0 Å². The molecule has 0 fully saturated rings. The molecule has 0 aliphatic carbocycles. The van der Waals surface area contributed by atoms with Crippen molar-refractivity contribution in [1.29, 1.82) is 0 Å². The molecule has 0 spiro atoms. The largest absolute Gasteiger partial charge is 0.345 e. The number of carbonyl (C=O) groups excluding carboxylic acids is 3. The third kappa shape index (κ3) is 4.46. The van der Waals surface area contributed by atoms with E-state index in [-0.39, 0.29) is 5.91 Å². The van der Waals surface area contributed by atoms with Gasteiger partial charge in [-0.25, -0.2) is 0 Å². The Morgan fingerprint density at radius 2 is 1.94 bits per heavy atom. The van der Waals surface area contributed by atoms with Crippen LogP contribution in [-0.2, 0) is 9.59 Å².